The maximum atomic E-state index is 10.9. The molecule has 0 atom stereocenters. The molecule has 0 bridgehead atoms. The number of carbonyl (C=O) groups is 1. The molecule has 0 unspecified atom stereocenters. The van der Waals surface area contributed by atoms with Crippen molar-refractivity contribution in [1.29, 1.82) is 0 Å². The van der Waals surface area contributed by atoms with E-state index in [1.165, 1.54) is 12.8 Å². The number of likely N-dealkylation sites (tertiary alicyclic amines) is 1. The average Bonchev–Trinajstić information content (AvgIpc) is 1.79. The monoisotopic (exact) mass is 183 g/mol. The molecule has 1 rings (SSSR count). The van der Waals surface area contributed by atoms with Crippen LogP contribution in [0, 0.1) is 11.3 Å². The van der Waals surface area contributed by atoms with Crippen molar-refractivity contribution in [3.8, 4) is 0 Å². The first kappa shape index (κ1) is 10.6. The Kier molecular flexibility index (Phi) is 2.99. The number of amides is 1. The van der Waals surface area contributed by atoms with Gasteiger partial charge >= 0.3 is 0 Å². The molecule has 2 nitrogen and oxygen atoms in total. The summed E-state index contributed by atoms with van der Waals surface area (Å²) in [5.74, 6) is 0.995. The van der Waals surface area contributed by atoms with Crippen molar-refractivity contribution < 1.29 is 4.79 Å². The lowest BCUT2D eigenvalue weighted by Gasteiger charge is -2.39. The highest BCUT2D eigenvalue weighted by Crippen LogP contribution is 2.27. The van der Waals surface area contributed by atoms with Crippen LogP contribution in [0.15, 0.2) is 0 Å². The molecule has 1 saturated heterocycles. The molecular weight excluding hydrogens is 162 g/mol. The van der Waals surface area contributed by atoms with E-state index in [0.717, 1.165) is 19.0 Å². The van der Waals surface area contributed by atoms with Crippen molar-refractivity contribution >= 4 is 5.91 Å². The van der Waals surface area contributed by atoms with E-state index in [0.29, 0.717) is 5.41 Å². The second kappa shape index (κ2) is 3.69. The van der Waals surface area contributed by atoms with Gasteiger partial charge in [0, 0.05) is 20.0 Å². The minimum atomic E-state index is 0.229. The molecule has 2 heteroatoms. The van der Waals surface area contributed by atoms with Gasteiger partial charge in [-0.25, -0.2) is 0 Å². The summed E-state index contributed by atoms with van der Waals surface area (Å²) < 4.78 is 0. The SMILES string of the molecule is CC(=O)N1CC(CCC(C)(C)C)C1. The van der Waals surface area contributed by atoms with Gasteiger partial charge in [-0.3, -0.25) is 4.79 Å². The maximum absolute atomic E-state index is 10.9. The second-order valence-corrected chi connectivity index (χ2v) is 5.39. The summed E-state index contributed by atoms with van der Waals surface area (Å²) in [6.45, 7) is 10.5. The predicted octanol–water partition coefficient (Wildman–Crippen LogP) is 2.29. The first-order chi connectivity index (χ1) is 5.88. The van der Waals surface area contributed by atoms with Crippen LogP contribution in [-0.2, 0) is 4.79 Å². The van der Waals surface area contributed by atoms with Gasteiger partial charge in [-0.1, -0.05) is 20.8 Å². The van der Waals surface area contributed by atoms with Crippen LogP contribution in [0.25, 0.3) is 0 Å². The Morgan fingerprint density at radius 3 is 2.31 bits per heavy atom. The molecule has 0 spiro atoms. The van der Waals surface area contributed by atoms with E-state index < -0.39 is 0 Å². The van der Waals surface area contributed by atoms with Gasteiger partial charge in [-0.2, -0.15) is 0 Å². The van der Waals surface area contributed by atoms with Gasteiger partial charge in [0.15, 0.2) is 0 Å². The van der Waals surface area contributed by atoms with Gasteiger partial charge in [-0.05, 0) is 24.2 Å². The molecule has 0 radical (unpaired) electrons. The van der Waals surface area contributed by atoms with E-state index in [1.54, 1.807) is 6.92 Å². The Balaban J connectivity index is 2.12. The molecule has 1 amide bonds. The Labute approximate surface area is 81.3 Å². The molecule has 1 fully saturated rings. The zero-order chi connectivity index (χ0) is 10.1. The molecule has 0 aromatic heterocycles. The summed E-state index contributed by atoms with van der Waals surface area (Å²) in [4.78, 5) is 12.8. The van der Waals surface area contributed by atoms with Crippen LogP contribution in [0.4, 0.5) is 0 Å². The van der Waals surface area contributed by atoms with Gasteiger partial charge < -0.3 is 4.90 Å². The van der Waals surface area contributed by atoms with Crippen LogP contribution in [0.1, 0.15) is 40.5 Å². The summed E-state index contributed by atoms with van der Waals surface area (Å²) in [5.41, 5.74) is 0.441. The molecule has 76 valence electrons. The molecule has 1 aliphatic rings. The number of rotatable bonds is 2. The van der Waals surface area contributed by atoms with Gasteiger partial charge in [0.25, 0.3) is 0 Å². The first-order valence-electron chi connectivity index (χ1n) is 5.14. The van der Waals surface area contributed by atoms with E-state index >= 15 is 0 Å². The Hall–Kier alpha value is -0.530. The van der Waals surface area contributed by atoms with E-state index in [2.05, 4.69) is 20.8 Å². The Morgan fingerprint density at radius 1 is 1.38 bits per heavy atom. The first-order valence-corrected chi connectivity index (χ1v) is 5.14. The van der Waals surface area contributed by atoms with Crippen LogP contribution in [0.5, 0.6) is 0 Å². The summed E-state index contributed by atoms with van der Waals surface area (Å²) in [7, 11) is 0. The summed E-state index contributed by atoms with van der Waals surface area (Å²) in [6, 6.07) is 0. The quantitative estimate of drug-likeness (QED) is 0.643. The molecular formula is C11H21NO. The van der Waals surface area contributed by atoms with Crippen molar-refractivity contribution in [3.63, 3.8) is 0 Å². The standard InChI is InChI=1S/C11H21NO/c1-9(13)12-7-10(8-12)5-6-11(2,3)4/h10H,5-8H2,1-4H3. The molecule has 0 aromatic carbocycles. The molecule has 1 heterocycles. The van der Waals surface area contributed by atoms with Crippen LogP contribution in [-0.4, -0.2) is 23.9 Å². The predicted molar refractivity (Wildman–Crippen MR) is 54.4 cm³/mol. The molecule has 0 aromatic rings. The Morgan fingerprint density at radius 2 is 1.92 bits per heavy atom. The highest BCUT2D eigenvalue weighted by Gasteiger charge is 2.28. The van der Waals surface area contributed by atoms with Gasteiger partial charge in [-0.15, -0.1) is 0 Å². The third-order valence-corrected chi connectivity index (χ3v) is 2.71. The number of nitrogens with zero attached hydrogens (tertiary/aromatic N) is 1. The lowest BCUT2D eigenvalue weighted by atomic mass is 9.84. The zero-order valence-corrected chi connectivity index (χ0v) is 9.26. The van der Waals surface area contributed by atoms with E-state index in [1.807, 2.05) is 4.90 Å². The van der Waals surface area contributed by atoms with E-state index in [9.17, 15) is 4.79 Å². The second-order valence-electron chi connectivity index (χ2n) is 5.39. The van der Waals surface area contributed by atoms with Crippen molar-refractivity contribution in [3.05, 3.63) is 0 Å². The molecule has 0 saturated carbocycles. The van der Waals surface area contributed by atoms with Gasteiger partial charge in [0.1, 0.15) is 0 Å². The molecule has 0 N–H and O–H groups in total. The van der Waals surface area contributed by atoms with Gasteiger partial charge in [0.05, 0.1) is 0 Å². The Bertz CT molecular complexity index is 187. The lowest BCUT2D eigenvalue weighted by Crippen LogP contribution is -2.49. The molecule has 1 aliphatic heterocycles. The fraction of sp³-hybridized carbons (Fsp3) is 0.909. The van der Waals surface area contributed by atoms with Crippen molar-refractivity contribution in [2.75, 3.05) is 13.1 Å². The number of hydrogen-bond acceptors (Lipinski definition) is 1. The zero-order valence-electron chi connectivity index (χ0n) is 9.26. The minimum absolute atomic E-state index is 0.229. The summed E-state index contributed by atoms with van der Waals surface area (Å²) in [6.07, 6.45) is 2.54. The number of carbonyl (C=O) groups excluding carboxylic acids is 1. The van der Waals surface area contributed by atoms with Crippen molar-refractivity contribution in [1.82, 2.24) is 4.90 Å². The maximum Gasteiger partial charge on any atom is 0.219 e. The van der Waals surface area contributed by atoms with Crippen LogP contribution < -0.4 is 0 Å². The topological polar surface area (TPSA) is 20.3 Å². The smallest absolute Gasteiger partial charge is 0.219 e. The molecule has 13 heavy (non-hydrogen) atoms. The highest BCUT2D eigenvalue weighted by atomic mass is 16.2. The average molecular weight is 183 g/mol. The fourth-order valence-corrected chi connectivity index (χ4v) is 1.65. The largest absolute Gasteiger partial charge is 0.342 e. The van der Waals surface area contributed by atoms with E-state index in [-0.39, 0.29) is 5.91 Å². The van der Waals surface area contributed by atoms with Crippen LogP contribution in [0.3, 0.4) is 0 Å². The number of hydrogen-bond donors (Lipinski definition) is 0. The molecule has 0 aliphatic carbocycles. The third kappa shape index (κ3) is 3.37. The van der Waals surface area contributed by atoms with Crippen LogP contribution in [0.2, 0.25) is 0 Å². The van der Waals surface area contributed by atoms with Crippen molar-refractivity contribution in [2.45, 2.75) is 40.5 Å². The minimum Gasteiger partial charge on any atom is -0.342 e. The van der Waals surface area contributed by atoms with E-state index in [4.69, 9.17) is 0 Å². The fourth-order valence-electron chi connectivity index (χ4n) is 1.65. The summed E-state index contributed by atoms with van der Waals surface area (Å²) in [5, 5.41) is 0. The van der Waals surface area contributed by atoms with Gasteiger partial charge in [0.2, 0.25) is 5.91 Å². The van der Waals surface area contributed by atoms with Crippen molar-refractivity contribution in [2.24, 2.45) is 11.3 Å². The summed E-state index contributed by atoms with van der Waals surface area (Å²) >= 11 is 0. The normalized spacial score (nSPS) is 18.6. The van der Waals surface area contributed by atoms with Crippen LogP contribution >= 0.6 is 0 Å². The third-order valence-electron chi connectivity index (χ3n) is 2.71. The highest BCUT2D eigenvalue weighted by molar-refractivity contribution is 5.74. The lowest BCUT2D eigenvalue weighted by molar-refractivity contribution is -0.135.